The lowest BCUT2D eigenvalue weighted by atomic mass is 9.99. The van der Waals surface area contributed by atoms with Crippen LogP contribution in [0.5, 0.6) is 0 Å². The summed E-state index contributed by atoms with van der Waals surface area (Å²) in [6, 6.07) is 17.0. The molecule has 2 aromatic carbocycles. The summed E-state index contributed by atoms with van der Waals surface area (Å²) in [5.74, 6) is 0. The molecule has 2 aromatic rings. The van der Waals surface area contributed by atoms with Gasteiger partial charge in [-0.1, -0.05) is 48.5 Å². The van der Waals surface area contributed by atoms with Crippen LogP contribution in [-0.4, -0.2) is 6.03 Å². The van der Waals surface area contributed by atoms with Crippen molar-refractivity contribution in [1.82, 2.24) is 5.32 Å². The van der Waals surface area contributed by atoms with Gasteiger partial charge in [0.15, 0.2) is 0 Å². The van der Waals surface area contributed by atoms with E-state index in [1.165, 1.54) is 0 Å². The number of rotatable bonds is 3. The highest BCUT2D eigenvalue weighted by molar-refractivity contribution is 14.1. The van der Waals surface area contributed by atoms with E-state index in [0.29, 0.717) is 0 Å². The quantitative estimate of drug-likeness (QED) is 0.820. The third-order valence-corrected chi connectivity index (χ3v) is 3.62. The first kappa shape index (κ1) is 12.9. The van der Waals surface area contributed by atoms with Crippen molar-refractivity contribution < 1.29 is 4.79 Å². The summed E-state index contributed by atoms with van der Waals surface area (Å²) in [7, 11) is 0. The molecule has 0 fully saturated rings. The highest BCUT2D eigenvalue weighted by Crippen LogP contribution is 2.25. The van der Waals surface area contributed by atoms with E-state index < -0.39 is 6.03 Å². The summed E-state index contributed by atoms with van der Waals surface area (Å²) in [6.45, 7) is 0. The van der Waals surface area contributed by atoms with Gasteiger partial charge >= 0.3 is 6.03 Å². The Morgan fingerprint density at radius 2 is 1.67 bits per heavy atom. The van der Waals surface area contributed by atoms with Crippen LogP contribution in [0.3, 0.4) is 0 Å². The molecule has 1 atom stereocenters. The number of hydrogen-bond acceptors (Lipinski definition) is 1. The monoisotopic (exact) mass is 352 g/mol. The van der Waals surface area contributed by atoms with Crippen LogP contribution in [0, 0.1) is 3.57 Å². The molecule has 0 saturated carbocycles. The molecule has 92 valence electrons. The minimum atomic E-state index is -0.525. The lowest BCUT2D eigenvalue weighted by Crippen LogP contribution is -2.34. The molecule has 2 amide bonds. The summed E-state index contributed by atoms with van der Waals surface area (Å²) >= 11 is 2.26. The molecule has 3 nitrogen and oxygen atoms in total. The van der Waals surface area contributed by atoms with Gasteiger partial charge in [-0.3, -0.25) is 0 Å². The molecule has 3 N–H and O–H groups in total. The Labute approximate surface area is 120 Å². The van der Waals surface area contributed by atoms with E-state index in [4.69, 9.17) is 5.73 Å². The van der Waals surface area contributed by atoms with Crippen molar-refractivity contribution in [3.05, 3.63) is 69.3 Å². The highest BCUT2D eigenvalue weighted by Gasteiger charge is 2.17. The van der Waals surface area contributed by atoms with E-state index in [-0.39, 0.29) is 6.04 Å². The average Bonchev–Trinajstić information content (AvgIpc) is 2.38. The van der Waals surface area contributed by atoms with Gasteiger partial charge in [-0.15, -0.1) is 0 Å². The third kappa shape index (κ3) is 3.01. The molecule has 18 heavy (non-hydrogen) atoms. The van der Waals surface area contributed by atoms with Crippen molar-refractivity contribution in [3.63, 3.8) is 0 Å². The number of carbonyl (C=O) groups excluding carboxylic acids is 1. The Hall–Kier alpha value is -1.56. The second-order valence-electron chi connectivity index (χ2n) is 3.87. The molecular formula is C14H13IN2O. The Balaban J connectivity index is 2.44. The van der Waals surface area contributed by atoms with E-state index in [2.05, 4.69) is 27.9 Å². The van der Waals surface area contributed by atoms with Gasteiger partial charge in [-0.2, -0.15) is 0 Å². The van der Waals surface area contributed by atoms with Crippen molar-refractivity contribution in [3.8, 4) is 0 Å². The molecule has 4 heteroatoms. The standard InChI is InChI=1S/C14H13IN2O/c15-12-9-5-4-8-11(12)13(17-14(16)18)10-6-2-1-3-7-10/h1-9,13H,(H3,16,17,18). The van der Waals surface area contributed by atoms with Gasteiger partial charge in [0.05, 0.1) is 6.04 Å². The van der Waals surface area contributed by atoms with E-state index >= 15 is 0 Å². The summed E-state index contributed by atoms with van der Waals surface area (Å²) in [4.78, 5) is 11.2. The van der Waals surface area contributed by atoms with E-state index in [1.54, 1.807) is 0 Å². The molecule has 0 bridgehead atoms. The second-order valence-corrected chi connectivity index (χ2v) is 5.04. The maximum absolute atomic E-state index is 11.2. The number of carbonyl (C=O) groups is 1. The van der Waals surface area contributed by atoms with Gasteiger partial charge in [-0.25, -0.2) is 4.79 Å². The highest BCUT2D eigenvalue weighted by atomic mass is 127. The zero-order valence-corrected chi connectivity index (χ0v) is 11.8. The number of nitrogens with one attached hydrogen (secondary N) is 1. The maximum atomic E-state index is 11.2. The lowest BCUT2D eigenvalue weighted by molar-refractivity contribution is 0.247. The van der Waals surface area contributed by atoms with E-state index in [1.807, 2.05) is 54.6 Å². The van der Waals surface area contributed by atoms with Gasteiger partial charge < -0.3 is 11.1 Å². The third-order valence-electron chi connectivity index (χ3n) is 2.64. The Morgan fingerprint density at radius 3 is 2.28 bits per heavy atom. The molecule has 1 unspecified atom stereocenters. The predicted octanol–water partition coefficient (Wildman–Crippen LogP) is 3.05. The fraction of sp³-hybridized carbons (Fsp3) is 0.0714. The summed E-state index contributed by atoms with van der Waals surface area (Å²) in [5.41, 5.74) is 7.32. The molecule has 0 saturated heterocycles. The Bertz CT molecular complexity index is 543. The first-order valence-corrected chi connectivity index (χ1v) is 6.61. The van der Waals surface area contributed by atoms with E-state index in [0.717, 1.165) is 14.7 Å². The minimum absolute atomic E-state index is 0.211. The zero-order chi connectivity index (χ0) is 13.0. The Morgan fingerprint density at radius 1 is 1.06 bits per heavy atom. The summed E-state index contributed by atoms with van der Waals surface area (Å²) in [5, 5.41) is 2.79. The number of primary amides is 1. The van der Waals surface area contributed by atoms with Crippen LogP contribution in [-0.2, 0) is 0 Å². The number of nitrogens with two attached hydrogens (primary N) is 1. The van der Waals surface area contributed by atoms with Crippen molar-refractivity contribution in [1.29, 1.82) is 0 Å². The van der Waals surface area contributed by atoms with Crippen molar-refractivity contribution >= 4 is 28.6 Å². The lowest BCUT2D eigenvalue weighted by Gasteiger charge is -2.19. The van der Waals surface area contributed by atoms with Gasteiger partial charge in [0, 0.05) is 3.57 Å². The van der Waals surface area contributed by atoms with Gasteiger partial charge in [0.2, 0.25) is 0 Å². The zero-order valence-electron chi connectivity index (χ0n) is 9.64. The first-order valence-electron chi connectivity index (χ1n) is 5.54. The molecule has 0 aromatic heterocycles. The van der Waals surface area contributed by atoms with Crippen LogP contribution in [0.1, 0.15) is 17.2 Å². The van der Waals surface area contributed by atoms with Crippen LogP contribution >= 0.6 is 22.6 Å². The fourth-order valence-corrected chi connectivity index (χ4v) is 2.54. The summed E-state index contributed by atoms with van der Waals surface area (Å²) in [6.07, 6.45) is 0. The number of amides is 2. The molecule has 0 aliphatic rings. The van der Waals surface area contributed by atoms with Crippen LogP contribution in [0.2, 0.25) is 0 Å². The second kappa shape index (κ2) is 5.86. The topological polar surface area (TPSA) is 55.1 Å². The molecule has 0 spiro atoms. The van der Waals surface area contributed by atoms with Crippen LogP contribution in [0.25, 0.3) is 0 Å². The van der Waals surface area contributed by atoms with Crippen molar-refractivity contribution in [2.24, 2.45) is 5.73 Å². The molecule has 2 rings (SSSR count). The smallest absolute Gasteiger partial charge is 0.312 e. The molecule has 0 radical (unpaired) electrons. The minimum Gasteiger partial charge on any atom is -0.352 e. The summed E-state index contributed by atoms with van der Waals surface area (Å²) < 4.78 is 1.10. The SMILES string of the molecule is NC(=O)NC(c1ccccc1)c1ccccc1I. The van der Waals surface area contributed by atoms with Crippen LogP contribution in [0.15, 0.2) is 54.6 Å². The van der Waals surface area contributed by atoms with Crippen molar-refractivity contribution in [2.45, 2.75) is 6.04 Å². The number of hydrogen-bond donors (Lipinski definition) is 2. The van der Waals surface area contributed by atoms with Gasteiger partial charge in [0.1, 0.15) is 0 Å². The van der Waals surface area contributed by atoms with Gasteiger partial charge in [0.25, 0.3) is 0 Å². The largest absolute Gasteiger partial charge is 0.352 e. The van der Waals surface area contributed by atoms with Crippen LogP contribution in [0.4, 0.5) is 4.79 Å². The van der Waals surface area contributed by atoms with Crippen LogP contribution < -0.4 is 11.1 Å². The first-order chi connectivity index (χ1) is 8.68. The molecule has 0 heterocycles. The van der Waals surface area contributed by atoms with Crippen molar-refractivity contribution in [2.75, 3.05) is 0 Å². The number of benzene rings is 2. The number of urea groups is 1. The molecule has 0 aliphatic heterocycles. The number of halogens is 1. The predicted molar refractivity (Wildman–Crippen MR) is 80.2 cm³/mol. The molecule has 0 aliphatic carbocycles. The maximum Gasteiger partial charge on any atom is 0.312 e. The normalized spacial score (nSPS) is 11.8. The fourth-order valence-electron chi connectivity index (χ4n) is 1.84. The average molecular weight is 352 g/mol. The molecular weight excluding hydrogens is 339 g/mol. The Kier molecular flexibility index (Phi) is 4.19. The van der Waals surface area contributed by atoms with Gasteiger partial charge in [-0.05, 0) is 39.8 Å². The van der Waals surface area contributed by atoms with E-state index in [9.17, 15) is 4.79 Å².